The van der Waals surface area contributed by atoms with E-state index in [-0.39, 0.29) is 5.92 Å². The minimum Gasteiger partial charge on any atom is -0.342 e. The van der Waals surface area contributed by atoms with Gasteiger partial charge in [0.05, 0.1) is 0 Å². The lowest BCUT2D eigenvalue weighted by atomic mass is 9.86. The first-order valence-corrected chi connectivity index (χ1v) is 10.9. The Morgan fingerprint density at radius 3 is 2.85 bits per heavy atom. The molecular formula is C20H27N5OS. The van der Waals surface area contributed by atoms with Gasteiger partial charge in [-0.25, -0.2) is 15.0 Å². The fourth-order valence-corrected chi connectivity index (χ4v) is 4.84. The maximum Gasteiger partial charge on any atom is 0.225 e. The van der Waals surface area contributed by atoms with Gasteiger partial charge in [-0.15, -0.1) is 11.3 Å². The first-order chi connectivity index (χ1) is 13.3. The zero-order valence-electron chi connectivity index (χ0n) is 15.6. The van der Waals surface area contributed by atoms with Crippen LogP contribution in [0.25, 0.3) is 0 Å². The number of thiazole rings is 1. The Kier molecular flexibility index (Phi) is 5.97. The molecule has 27 heavy (non-hydrogen) atoms. The van der Waals surface area contributed by atoms with E-state index in [0.717, 1.165) is 61.8 Å². The molecule has 1 aliphatic carbocycles. The molecule has 0 spiro atoms. The normalized spacial score (nSPS) is 21.2. The van der Waals surface area contributed by atoms with Crippen molar-refractivity contribution in [2.45, 2.75) is 51.4 Å². The molecule has 1 amide bonds. The van der Waals surface area contributed by atoms with Gasteiger partial charge < -0.3 is 10.2 Å². The van der Waals surface area contributed by atoms with Gasteiger partial charge in [0.25, 0.3) is 0 Å². The molecule has 7 heteroatoms. The van der Waals surface area contributed by atoms with Crippen LogP contribution in [-0.4, -0.2) is 38.8 Å². The Morgan fingerprint density at radius 2 is 2.04 bits per heavy atom. The number of nitrogens with zero attached hydrogens (tertiary/aromatic N) is 4. The highest BCUT2D eigenvalue weighted by atomic mass is 32.1. The van der Waals surface area contributed by atoms with Gasteiger partial charge in [-0.05, 0) is 38.0 Å². The zero-order valence-corrected chi connectivity index (χ0v) is 16.5. The molecule has 1 N–H and O–H groups in total. The van der Waals surface area contributed by atoms with Crippen LogP contribution in [-0.2, 0) is 11.2 Å². The van der Waals surface area contributed by atoms with Gasteiger partial charge in [0.15, 0.2) is 5.13 Å². The molecule has 1 saturated heterocycles. The van der Waals surface area contributed by atoms with Gasteiger partial charge in [-0.3, -0.25) is 4.79 Å². The van der Waals surface area contributed by atoms with Crippen LogP contribution in [0.15, 0.2) is 24.0 Å². The molecule has 4 rings (SSSR count). The second kappa shape index (κ2) is 8.78. The summed E-state index contributed by atoms with van der Waals surface area (Å²) in [6, 6.07) is 2.00. The van der Waals surface area contributed by atoms with Crippen molar-refractivity contribution in [1.29, 1.82) is 0 Å². The van der Waals surface area contributed by atoms with Crippen molar-refractivity contribution in [3.8, 4) is 0 Å². The summed E-state index contributed by atoms with van der Waals surface area (Å²) < 4.78 is 0. The van der Waals surface area contributed by atoms with Crippen molar-refractivity contribution in [2.24, 2.45) is 11.8 Å². The summed E-state index contributed by atoms with van der Waals surface area (Å²) in [7, 11) is 0. The molecule has 3 heterocycles. The number of amides is 1. The number of aromatic nitrogens is 3. The fraction of sp³-hybridized carbons (Fsp3) is 0.600. The third-order valence-electron chi connectivity index (χ3n) is 5.67. The standard InChI is InChI=1S/C20H27N5OS/c26-19(16-6-2-1-3-7-16)25-9-4-5-15(13-25)11-17-12-18(23-14-22-17)24-20-21-8-10-27-20/h8,10,12,14-16H,1-7,9,11,13H2,(H,21,22,23,24). The Hall–Kier alpha value is -2.02. The average Bonchev–Trinajstić information content (AvgIpc) is 3.22. The number of carbonyl (C=O) groups is 1. The Balaban J connectivity index is 1.35. The van der Waals surface area contributed by atoms with Crippen LogP contribution < -0.4 is 5.32 Å². The van der Waals surface area contributed by atoms with Crippen LogP contribution in [0, 0.1) is 11.8 Å². The van der Waals surface area contributed by atoms with E-state index in [1.54, 1.807) is 23.9 Å². The molecular weight excluding hydrogens is 358 g/mol. The number of rotatable bonds is 5. The second-order valence-electron chi connectivity index (χ2n) is 7.69. The lowest BCUT2D eigenvalue weighted by Gasteiger charge is -2.36. The van der Waals surface area contributed by atoms with E-state index in [1.165, 1.54) is 19.3 Å². The number of carbonyl (C=O) groups excluding carboxylic acids is 1. The van der Waals surface area contributed by atoms with E-state index in [9.17, 15) is 4.79 Å². The number of hydrogen-bond donors (Lipinski definition) is 1. The van der Waals surface area contributed by atoms with Crippen molar-refractivity contribution in [3.05, 3.63) is 29.7 Å². The number of likely N-dealkylation sites (tertiary alicyclic amines) is 1. The van der Waals surface area contributed by atoms with Crippen LogP contribution in [0.2, 0.25) is 0 Å². The van der Waals surface area contributed by atoms with E-state index in [2.05, 4.69) is 25.2 Å². The molecule has 2 aromatic rings. The summed E-state index contributed by atoms with van der Waals surface area (Å²) in [5.41, 5.74) is 1.03. The third-order valence-corrected chi connectivity index (χ3v) is 6.36. The van der Waals surface area contributed by atoms with Crippen LogP contribution >= 0.6 is 11.3 Å². The molecule has 1 atom stereocenters. The summed E-state index contributed by atoms with van der Waals surface area (Å²) in [6.07, 6.45) is 12.4. The highest BCUT2D eigenvalue weighted by Crippen LogP contribution is 2.28. The zero-order chi connectivity index (χ0) is 18.5. The molecule has 0 aromatic carbocycles. The largest absolute Gasteiger partial charge is 0.342 e. The lowest BCUT2D eigenvalue weighted by Crippen LogP contribution is -2.44. The fourth-order valence-electron chi connectivity index (χ4n) is 4.31. The topological polar surface area (TPSA) is 71.0 Å². The molecule has 1 unspecified atom stereocenters. The van der Waals surface area contributed by atoms with Crippen molar-refractivity contribution >= 4 is 28.2 Å². The van der Waals surface area contributed by atoms with Crippen LogP contribution in [0.4, 0.5) is 10.9 Å². The predicted octanol–water partition coefficient (Wildman–Crippen LogP) is 4.04. The Bertz CT molecular complexity index is 745. The quantitative estimate of drug-likeness (QED) is 0.841. The van der Waals surface area contributed by atoms with E-state index < -0.39 is 0 Å². The summed E-state index contributed by atoms with van der Waals surface area (Å²) in [5.74, 6) is 1.92. The maximum atomic E-state index is 12.9. The molecule has 6 nitrogen and oxygen atoms in total. The van der Waals surface area contributed by atoms with Crippen LogP contribution in [0.5, 0.6) is 0 Å². The molecule has 144 valence electrons. The summed E-state index contributed by atoms with van der Waals surface area (Å²) in [4.78, 5) is 28.0. The van der Waals surface area contributed by atoms with Crippen LogP contribution in [0.1, 0.15) is 50.6 Å². The Labute approximate surface area is 164 Å². The van der Waals surface area contributed by atoms with Gasteiger partial charge in [0, 0.05) is 42.3 Å². The van der Waals surface area contributed by atoms with Crippen molar-refractivity contribution in [3.63, 3.8) is 0 Å². The first-order valence-electron chi connectivity index (χ1n) is 10.0. The average molecular weight is 386 g/mol. The molecule has 2 aromatic heterocycles. The smallest absolute Gasteiger partial charge is 0.225 e. The van der Waals surface area contributed by atoms with Crippen molar-refractivity contribution in [1.82, 2.24) is 19.9 Å². The van der Waals surface area contributed by atoms with Gasteiger partial charge in [-0.1, -0.05) is 19.3 Å². The lowest BCUT2D eigenvalue weighted by molar-refractivity contribution is -0.138. The van der Waals surface area contributed by atoms with Gasteiger partial charge in [0.1, 0.15) is 12.1 Å². The molecule has 2 fully saturated rings. The number of piperidine rings is 1. The number of nitrogens with one attached hydrogen (secondary N) is 1. The highest BCUT2D eigenvalue weighted by molar-refractivity contribution is 7.13. The summed E-state index contributed by atoms with van der Waals surface area (Å²) >= 11 is 1.55. The molecule has 1 aliphatic heterocycles. The van der Waals surface area contributed by atoms with Crippen LogP contribution in [0.3, 0.4) is 0 Å². The first kappa shape index (κ1) is 18.3. The number of anilines is 2. The summed E-state index contributed by atoms with van der Waals surface area (Å²) in [5, 5.41) is 5.99. The van der Waals surface area contributed by atoms with E-state index in [1.807, 2.05) is 11.4 Å². The minimum atomic E-state index is 0.269. The molecule has 1 saturated carbocycles. The van der Waals surface area contributed by atoms with E-state index >= 15 is 0 Å². The van der Waals surface area contributed by atoms with Crippen molar-refractivity contribution < 1.29 is 4.79 Å². The van der Waals surface area contributed by atoms with E-state index in [0.29, 0.717) is 11.8 Å². The summed E-state index contributed by atoms with van der Waals surface area (Å²) in [6.45, 7) is 1.79. The Morgan fingerprint density at radius 1 is 1.15 bits per heavy atom. The molecule has 2 aliphatic rings. The van der Waals surface area contributed by atoms with Gasteiger partial charge in [-0.2, -0.15) is 0 Å². The molecule has 0 bridgehead atoms. The molecule has 0 radical (unpaired) electrons. The van der Waals surface area contributed by atoms with Gasteiger partial charge >= 0.3 is 0 Å². The number of hydrogen-bond acceptors (Lipinski definition) is 6. The van der Waals surface area contributed by atoms with Gasteiger partial charge in [0.2, 0.25) is 5.91 Å². The van der Waals surface area contributed by atoms with Crippen molar-refractivity contribution in [2.75, 3.05) is 18.4 Å². The predicted molar refractivity (Wildman–Crippen MR) is 107 cm³/mol. The third kappa shape index (κ3) is 4.83. The second-order valence-corrected chi connectivity index (χ2v) is 8.58. The monoisotopic (exact) mass is 385 g/mol. The minimum absolute atomic E-state index is 0.269. The SMILES string of the molecule is O=C(C1CCCCC1)N1CCCC(Cc2cc(Nc3nccs3)ncn2)C1. The highest BCUT2D eigenvalue weighted by Gasteiger charge is 2.29. The van der Waals surface area contributed by atoms with E-state index in [4.69, 9.17) is 0 Å². The maximum absolute atomic E-state index is 12.9.